The van der Waals surface area contributed by atoms with E-state index in [1.807, 2.05) is 6.92 Å². The van der Waals surface area contributed by atoms with Gasteiger partial charge in [-0.05, 0) is 56.4 Å². The summed E-state index contributed by atoms with van der Waals surface area (Å²) in [5.74, 6) is -3.85. The van der Waals surface area contributed by atoms with Crippen molar-refractivity contribution in [3.05, 3.63) is 47.5 Å². The zero-order chi connectivity index (χ0) is 28.7. The van der Waals surface area contributed by atoms with Crippen LogP contribution in [0.4, 0.5) is 23.2 Å². The number of carbonyl (C=O) groups is 3. The first-order valence-electron chi connectivity index (χ1n) is 13.2. The van der Waals surface area contributed by atoms with Crippen molar-refractivity contribution in [1.29, 1.82) is 0 Å². The fourth-order valence-corrected chi connectivity index (χ4v) is 4.97. The summed E-state index contributed by atoms with van der Waals surface area (Å²) in [7, 11) is 1.03. The van der Waals surface area contributed by atoms with Gasteiger partial charge in [-0.15, -0.1) is 0 Å². The summed E-state index contributed by atoms with van der Waals surface area (Å²) in [4.78, 5) is 39.4. The highest BCUT2D eigenvalue weighted by Crippen LogP contribution is 2.28. The predicted octanol–water partition coefficient (Wildman–Crippen LogP) is 4.87. The zero-order valence-corrected chi connectivity index (χ0v) is 22.4. The number of nitrogens with one attached hydrogen (secondary N) is 2. The molecule has 2 atom stereocenters. The molecule has 12 heteroatoms. The molecule has 1 saturated carbocycles. The van der Waals surface area contributed by atoms with E-state index in [1.165, 1.54) is 29.9 Å². The van der Waals surface area contributed by atoms with E-state index in [1.54, 1.807) is 6.07 Å². The van der Waals surface area contributed by atoms with E-state index in [4.69, 9.17) is 0 Å². The molecule has 0 aliphatic heterocycles. The summed E-state index contributed by atoms with van der Waals surface area (Å²) in [5.41, 5.74) is 0.332. The lowest BCUT2D eigenvalue weighted by Crippen LogP contribution is -2.49. The Bertz CT molecular complexity index is 1160. The minimum Gasteiger partial charge on any atom is -0.339 e. The van der Waals surface area contributed by atoms with E-state index in [-0.39, 0.29) is 17.2 Å². The first-order chi connectivity index (χ1) is 18.4. The second-order valence-electron chi connectivity index (χ2n) is 9.99. The summed E-state index contributed by atoms with van der Waals surface area (Å²) >= 11 is 0. The number of carbonyl (C=O) groups excluding carboxylic acids is 3. The van der Waals surface area contributed by atoms with Crippen LogP contribution < -0.4 is 10.6 Å². The molecule has 2 N–H and O–H groups in total. The van der Waals surface area contributed by atoms with E-state index in [9.17, 15) is 27.6 Å². The summed E-state index contributed by atoms with van der Waals surface area (Å²) in [6, 6.07) is 4.34. The van der Waals surface area contributed by atoms with Crippen molar-refractivity contribution < 1.29 is 31.9 Å². The average Bonchev–Trinajstić information content (AvgIpc) is 3.20. The van der Waals surface area contributed by atoms with Gasteiger partial charge in [-0.1, -0.05) is 31.7 Å². The highest BCUT2D eigenvalue weighted by molar-refractivity contribution is 6.00. The van der Waals surface area contributed by atoms with E-state index < -0.39 is 48.2 Å². The number of anilines is 1. The van der Waals surface area contributed by atoms with Crippen LogP contribution in [0, 0.1) is 11.7 Å². The number of aryl methyl sites for hydroxylation is 1. The molecular weight excluding hydrogens is 518 g/mol. The highest BCUT2D eigenvalue weighted by Gasteiger charge is 2.34. The van der Waals surface area contributed by atoms with Crippen LogP contribution >= 0.6 is 0 Å². The zero-order valence-electron chi connectivity index (χ0n) is 22.4. The van der Waals surface area contributed by atoms with Gasteiger partial charge in [-0.2, -0.15) is 18.3 Å². The van der Waals surface area contributed by atoms with Crippen molar-refractivity contribution in [2.24, 2.45) is 5.92 Å². The molecule has 0 unspecified atom stereocenters. The van der Waals surface area contributed by atoms with Gasteiger partial charge < -0.3 is 15.5 Å². The summed E-state index contributed by atoms with van der Waals surface area (Å²) < 4.78 is 54.6. The fraction of sp³-hybridized carbons (Fsp3) is 0.556. The lowest BCUT2D eigenvalue weighted by atomic mass is 9.90. The molecule has 0 spiro atoms. The third-order valence-electron chi connectivity index (χ3n) is 7.10. The third kappa shape index (κ3) is 8.03. The molecule has 39 heavy (non-hydrogen) atoms. The monoisotopic (exact) mass is 553 g/mol. The smallest absolute Gasteiger partial charge is 0.339 e. The topological polar surface area (TPSA) is 96.3 Å². The molecule has 1 aliphatic rings. The van der Waals surface area contributed by atoms with Crippen LogP contribution in [-0.4, -0.2) is 58.2 Å². The molecule has 1 aliphatic carbocycles. The number of benzene rings is 1. The minimum absolute atomic E-state index is 0.140. The van der Waals surface area contributed by atoms with Crippen molar-refractivity contribution in [2.75, 3.05) is 18.9 Å². The average molecular weight is 554 g/mol. The first-order valence-corrected chi connectivity index (χ1v) is 13.2. The van der Waals surface area contributed by atoms with Crippen LogP contribution in [0.15, 0.2) is 30.5 Å². The maximum Gasteiger partial charge on any atom is 0.406 e. The summed E-state index contributed by atoms with van der Waals surface area (Å²) in [6.45, 7) is 2.29. The second kappa shape index (κ2) is 13.1. The van der Waals surface area contributed by atoms with Crippen LogP contribution in [-0.2, 0) is 16.1 Å². The minimum atomic E-state index is -4.55. The number of alkyl halides is 3. The maximum absolute atomic E-state index is 15.0. The molecule has 3 amide bonds. The van der Waals surface area contributed by atoms with Gasteiger partial charge in [0.15, 0.2) is 0 Å². The Hall–Kier alpha value is -3.44. The Kier molecular flexibility index (Phi) is 10.1. The van der Waals surface area contributed by atoms with Crippen LogP contribution in [0.5, 0.6) is 0 Å². The third-order valence-corrected chi connectivity index (χ3v) is 7.10. The SMILES string of the molecule is CCn1nccc1C(=O)N[C@H](C(=O)Nc1ccc([C@H](C)C(=O)N(C)CC(F)(F)F)cc1F)C1CCCCCC1. The second-order valence-corrected chi connectivity index (χ2v) is 9.99. The van der Waals surface area contributed by atoms with Crippen molar-refractivity contribution in [2.45, 2.75) is 77.1 Å². The summed E-state index contributed by atoms with van der Waals surface area (Å²) in [6.07, 6.45) is 2.31. The van der Waals surface area contributed by atoms with Gasteiger partial charge in [0.2, 0.25) is 11.8 Å². The molecular formula is C27H35F4N5O3. The molecule has 214 valence electrons. The summed E-state index contributed by atoms with van der Waals surface area (Å²) in [5, 5.41) is 9.49. The molecule has 1 aromatic carbocycles. The number of nitrogens with zero attached hydrogens (tertiary/aromatic N) is 3. The number of rotatable bonds is 9. The molecule has 1 heterocycles. The van der Waals surface area contributed by atoms with Crippen molar-refractivity contribution >= 4 is 23.4 Å². The number of amides is 3. The molecule has 2 aromatic rings. The Morgan fingerprint density at radius 1 is 1.13 bits per heavy atom. The van der Waals surface area contributed by atoms with Crippen molar-refractivity contribution in [1.82, 2.24) is 20.0 Å². The normalized spacial score (nSPS) is 16.2. The van der Waals surface area contributed by atoms with Crippen molar-refractivity contribution in [3.63, 3.8) is 0 Å². The molecule has 0 radical (unpaired) electrons. The van der Waals surface area contributed by atoms with E-state index in [0.29, 0.717) is 17.1 Å². The molecule has 1 aromatic heterocycles. The highest BCUT2D eigenvalue weighted by atomic mass is 19.4. The van der Waals surface area contributed by atoms with E-state index >= 15 is 4.39 Å². The Labute approximate surface area is 225 Å². The van der Waals surface area contributed by atoms with Gasteiger partial charge in [-0.3, -0.25) is 19.1 Å². The maximum atomic E-state index is 15.0. The lowest BCUT2D eigenvalue weighted by Gasteiger charge is -2.27. The Morgan fingerprint density at radius 2 is 1.79 bits per heavy atom. The molecule has 1 fully saturated rings. The molecule has 0 saturated heterocycles. The fourth-order valence-electron chi connectivity index (χ4n) is 4.97. The number of hydrogen-bond donors (Lipinski definition) is 2. The van der Waals surface area contributed by atoms with Crippen molar-refractivity contribution in [3.8, 4) is 0 Å². The Morgan fingerprint density at radius 3 is 2.38 bits per heavy atom. The van der Waals surface area contributed by atoms with Gasteiger partial charge in [0.25, 0.3) is 5.91 Å². The van der Waals surface area contributed by atoms with Gasteiger partial charge in [-0.25, -0.2) is 4.39 Å². The molecule has 8 nitrogen and oxygen atoms in total. The number of likely N-dealkylation sites (N-methyl/N-ethyl adjacent to an activating group) is 1. The molecule has 0 bridgehead atoms. The van der Waals surface area contributed by atoms with Gasteiger partial charge in [0.1, 0.15) is 24.1 Å². The van der Waals surface area contributed by atoms with Gasteiger partial charge in [0, 0.05) is 19.8 Å². The lowest BCUT2D eigenvalue weighted by molar-refractivity contribution is -0.159. The van der Waals surface area contributed by atoms with E-state index in [0.717, 1.165) is 51.6 Å². The van der Waals surface area contributed by atoms with Crippen LogP contribution in [0.25, 0.3) is 0 Å². The number of hydrogen-bond acceptors (Lipinski definition) is 4. The van der Waals surface area contributed by atoms with Crippen LogP contribution in [0.1, 0.15) is 74.3 Å². The van der Waals surface area contributed by atoms with E-state index in [2.05, 4.69) is 15.7 Å². The quantitative estimate of drug-likeness (QED) is 0.342. The predicted molar refractivity (Wildman–Crippen MR) is 137 cm³/mol. The van der Waals surface area contributed by atoms with Gasteiger partial charge >= 0.3 is 6.18 Å². The number of halogens is 4. The largest absolute Gasteiger partial charge is 0.406 e. The van der Waals surface area contributed by atoms with Gasteiger partial charge in [0.05, 0.1) is 11.6 Å². The Balaban J connectivity index is 1.77. The first kappa shape index (κ1) is 30.1. The molecule has 3 rings (SSSR count). The van der Waals surface area contributed by atoms with Crippen LogP contribution in [0.2, 0.25) is 0 Å². The number of aromatic nitrogens is 2. The standard InChI is InChI=1S/C27H35F4N5O3/c1-4-36-22(13-14-32-36)24(37)34-23(18-9-7-5-6-8-10-18)25(38)33-21-12-11-19(15-20(21)28)17(2)26(39)35(3)16-27(29,30)31/h11-15,17-18,23H,4-10,16H2,1-3H3,(H,33,38)(H,34,37)/t17-,23-/m0/s1. The van der Waals surface area contributed by atoms with Crippen LogP contribution in [0.3, 0.4) is 0 Å².